The first kappa shape index (κ1) is 10.1. The molecular weight excluding hydrogens is 196 g/mol. The smallest absolute Gasteiger partial charge is 0.109 e. The second-order valence-electron chi connectivity index (χ2n) is 3.86. The Bertz CT molecular complexity index is 276. The molecule has 1 fully saturated rings. The van der Waals surface area contributed by atoms with Gasteiger partial charge in [0.2, 0.25) is 0 Å². The lowest BCUT2D eigenvalue weighted by atomic mass is 10.2. The van der Waals surface area contributed by atoms with E-state index in [1.54, 1.807) is 11.3 Å². The molecule has 3 nitrogen and oxygen atoms in total. The monoisotopic (exact) mass is 212 g/mol. The predicted molar refractivity (Wildman–Crippen MR) is 57.3 cm³/mol. The number of hydrogen-bond acceptors (Lipinski definition) is 4. The molecule has 1 unspecified atom stereocenters. The Kier molecular flexibility index (Phi) is 3.15. The Morgan fingerprint density at radius 1 is 1.64 bits per heavy atom. The largest absolute Gasteiger partial charge is 0.392 e. The zero-order valence-electron chi connectivity index (χ0n) is 8.31. The molecule has 1 aliphatic carbocycles. The average molecular weight is 212 g/mol. The van der Waals surface area contributed by atoms with E-state index in [1.807, 2.05) is 11.6 Å². The maximum atomic E-state index is 9.66. The van der Waals surface area contributed by atoms with Gasteiger partial charge in [0.1, 0.15) is 5.01 Å². The average Bonchev–Trinajstić information content (AvgIpc) is 2.77. The van der Waals surface area contributed by atoms with E-state index in [9.17, 15) is 5.11 Å². The van der Waals surface area contributed by atoms with E-state index >= 15 is 0 Å². The SMILES string of the molecule is CC(N[C@H]1CCC[C@@H]1O)c1nccs1. The Hall–Kier alpha value is -0.450. The van der Waals surface area contributed by atoms with Crippen molar-refractivity contribution in [1.29, 1.82) is 0 Å². The maximum Gasteiger partial charge on any atom is 0.109 e. The number of aliphatic hydroxyl groups is 1. The predicted octanol–water partition coefficient (Wildman–Crippen LogP) is 1.71. The second kappa shape index (κ2) is 4.38. The lowest BCUT2D eigenvalue weighted by Crippen LogP contribution is -2.37. The van der Waals surface area contributed by atoms with Crippen LogP contribution in [0.2, 0.25) is 0 Å². The van der Waals surface area contributed by atoms with Crippen LogP contribution in [0.4, 0.5) is 0 Å². The van der Waals surface area contributed by atoms with E-state index in [4.69, 9.17) is 0 Å². The molecule has 0 bridgehead atoms. The molecule has 0 radical (unpaired) electrons. The van der Waals surface area contributed by atoms with Crippen LogP contribution in [0.1, 0.15) is 37.2 Å². The van der Waals surface area contributed by atoms with Crippen molar-refractivity contribution >= 4 is 11.3 Å². The molecule has 0 aliphatic heterocycles. The number of rotatable bonds is 3. The minimum absolute atomic E-state index is 0.169. The van der Waals surface area contributed by atoms with Crippen LogP contribution in [-0.4, -0.2) is 22.2 Å². The fourth-order valence-corrected chi connectivity index (χ4v) is 2.63. The number of nitrogens with one attached hydrogen (secondary N) is 1. The lowest BCUT2D eigenvalue weighted by molar-refractivity contribution is 0.144. The van der Waals surface area contributed by atoms with Crippen molar-refractivity contribution in [2.24, 2.45) is 0 Å². The summed E-state index contributed by atoms with van der Waals surface area (Å²) in [6.45, 7) is 2.10. The summed E-state index contributed by atoms with van der Waals surface area (Å²) in [6.07, 6.45) is 4.80. The first-order valence-electron chi connectivity index (χ1n) is 5.11. The van der Waals surface area contributed by atoms with Crippen LogP contribution < -0.4 is 5.32 Å². The van der Waals surface area contributed by atoms with E-state index in [0.717, 1.165) is 24.3 Å². The minimum atomic E-state index is -0.169. The van der Waals surface area contributed by atoms with Gasteiger partial charge in [-0.05, 0) is 26.2 Å². The van der Waals surface area contributed by atoms with E-state index in [0.29, 0.717) is 0 Å². The molecule has 1 aromatic rings. The molecule has 78 valence electrons. The van der Waals surface area contributed by atoms with E-state index < -0.39 is 0 Å². The van der Waals surface area contributed by atoms with E-state index in [-0.39, 0.29) is 18.2 Å². The van der Waals surface area contributed by atoms with Gasteiger partial charge in [-0.15, -0.1) is 11.3 Å². The van der Waals surface area contributed by atoms with Crippen LogP contribution in [0, 0.1) is 0 Å². The molecule has 3 atom stereocenters. The van der Waals surface area contributed by atoms with Crippen molar-refractivity contribution in [3.05, 3.63) is 16.6 Å². The molecule has 0 amide bonds. The molecular formula is C10H16N2OS. The Balaban J connectivity index is 1.91. The number of thiazole rings is 1. The molecule has 14 heavy (non-hydrogen) atoms. The van der Waals surface area contributed by atoms with Crippen LogP contribution in [-0.2, 0) is 0 Å². The summed E-state index contributed by atoms with van der Waals surface area (Å²) >= 11 is 1.66. The molecule has 0 saturated heterocycles. The van der Waals surface area contributed by atoms with Crippen molar-refractivity contribution in [1.82, 2.24) is 10.3 Å². The van der Waals surface area contributed by atoms with Gasteiger partial charge in [-0.2, -0.15) is 0 Å². The normalized spacial score (nSPS) is 29.3. The molecule has 1 saturated carbocycles. The van der Waals surface area contributed by atoms with Crippen LogP contribution >= 0.6 is 11.3 Å². The Morgan fingerprint density at radius 2 is 2.50 bits per heavy atom. The van der Waals surface area contributed by atoms with Crippen LogP contribution in [0.5, 0.6) is 0 Å². The molecule has 0 aromatic carbocycles. The summed E-state index contributed by atoms with van der Waals surface area (Å²) < 4.78 is 0. The topological polar surface area (TPSA) is 45.1 Å². The van der Waals surface area contributed by atoms with Crippen molar-refractivity contribution in [2.45, 2.75) is 44.4 Å². The van der Waals surface area contributed by atoms with Gasteiger partial charge in [0.15, 0.2) is 0 Å². The van der Waals surface area contributed by atoms with Gasteiger partial charge in [0.25, 0.3) is 0 Å². The highest BCUT2D eigenvalue weighted by atomic mass is 32.1. The van der Waals surface area contributed by atoms with Crippen LogP contribution in [0.25, 0.3) is 0 Å². The van der Waals surface area contributed by atoms with Gasteiger partial charge in [-0.3, -0.25) is 0 Å². The number of aliphatic hydroxyl groups excluding tert-OH is 1. The van der Waals surface area contributed by atoms with E-state index in [2.05, 4.69) is 17.2 Å². The number of nitrogens with zero attached hydrogens (tertiary/aromatic N) is 1. The van der Waals surface area contributed by atoms with Gasteiger partial charge in [-0.25, -0.2) is 4.98 Å². The quantitative estimate of drug-likeness (QED) is 0.801. The zero-order valence-corrected chi connectivity index (χ0v) is 9.13. The third kappa shape index (κ3) is 2.13. The summed E-state index contributed by atoms with van der Waals surface area (Å²) in [5.41, 5.74) is 0. The summed E-state index contributed by atoms with van der Waals surface area (Å²) in [6, 6.07) is 0.515. The summed E-state index contributed by atoms with van der Waals surface area (Å²) in [5, 5.41) is 16.2. The standard InChI is InChI=1S/C10H16N2OS/c1-7(10-11-5-6-14-10)12-8-3-2-4-9(8)13/h5-9,12-13H,2-4H2,1H3/t7?,8-,9-/m0/s1. The molecule has 1 aromatic heterocycles. The van der Waals surface area contributed by atoms with Crippen molar-refractivity contribution in [3.8, 4) is 0 Å². The van der Waals surface area contributed by atoms with Crippen LogP contribution in [0.15, 0.2) is 11.6 Å². The first-order chi connectivity index (χ1) is 6.77. The minimum Gasteiger partial charge on any atom is -0.392 e. The summed E-state index contributed by atoms with van der Waals surface area (Å²) in [7, 11) is 0. The van der Waals surface area contributed by atoms with Gasteiger partial charge in [0, 0.05) is 17.6 Å². The fourth-order valence-electron chi connectivity index (χ4n) is 1.98. The van der Waals surface area contributed by atoms with Crippen molar-refractivity contribution in [3.63, 3.8) is 0 Å². The zero-order chi connectivity index (χ0) is 9.97. The summed E-state index contributed by atoms with van der Waals surface area (Å²) in [5.74, 6) is 0. The molecule has 1 aliphatic rings. The summed E-state index contributed by atoms with van der Waals surface area (Å²) in [4.78, 5) is 4.26. The molecule has 1 heterocycles. The number of hydrogen-bond donors (Lipinski definition) is 2. The Morgan fingerprint density at radius 3 is 3.07 bits per heavy atom. The highest BCUT2D eigenvalue weighted by molar-refractivity contribution is 7.09. The van der Waals surface area contributed by atoms with Gasteiger partial charge >= 0.3 is 0 Å². The third-order valence-corrected chi connectivity index (χ3v) is 3.72. The first-order valence-corrected chi connectivity index (χ1v) is 5.99. The van der Waals surface area contributed by atoms with Crippen molar-refractivity contribution < 1.29 is 5.11 Å². The van der Waals surface area contributed by atoms with E-state index in [1.165, 1.54) is 0 Å². The van der Waals surface area contributed by atoms with Gasteiger partial charge in [0.05, 0.1) is 12.1 Å². The maximum absolute atomic E-state index is 9.66. The van der Waals surface area contributed by atoms with Gasteiger partial charge in [-0.1, -0.05) is 0 Å². The molecule has 2 rings (SSSR count). The molecule has 2 N–H and O–H groups in total. The fraction of sp³-hybridized carbons (Fsp3) is 0.700. The third-order valence-electron chi connectivity index (χ3n) is 2.77. The number of aromatic nitrogens is 1. The lowest BCUT2D eigenvalue weighted by Gasteiger charge is -2.20. The highest BCUT2D eigenvalue weighted by Gasteiger charge is 2.26. The molecule has 4 heteroatoms. The Labute approximate surface area is 88.2 Å². The van der Waals surface area contributed by atoms with Gasteiger partial charge < -0.3 is 10.4 Å². The van der Waals surface area contributed by atoms with Crippen LogP contribution in [0.3, 0.4) is 0 Å². The second-order valence-corrected chi connectivity index (χ2v) is 4.79. The van der Waals surface area contributed by atoms with Crippen molar-refractivity contribution in [2.75, 3.05) is 0 Å². The molecule has 0 spiro atoms. The highest BCUT2D eigenvalue weighted by Crippen LogP contribution is 2.23.